The van der Waals surface area contributed by atoms with Crippen LogP contribution in [0, 0.1) is 0 Å². The number of hydrogen-bond acceptors (Lipinski definition) is 6. The third kappa shape index (κ3) is 58.1. The Kier molecular flexibility index (Phi) is 56.0. The van der Waals surface area contributed by atoms with Crippen molar-refractivity contribution in [2.24, 2.45) is 0 Å². The van der Waals surface area contributed by atoms with Crippen LogP contribution < -0.4 is 0 Å². The van der Waals surface area contributed by atoms with Gasteiger partial charge >= 0.3 is 17.9 Å². The van der Waals surface area contributed by atoms with E-state index < -0.39 is 6.10 Å². The molecule has 0 rings (SSSR count). The van der Waals surface area contributed by atoms with Crippen molar-refractivity contribution in [2.45, 2.75) is 245 Å². The van der Waals surface area contributed by atoms with Crippen LogP contribution >= 0.6 is 0 Å². The number of ether oxygens (including phenoxy) is 3. The van der Waals surface area contributed by atoms with Gasteiger partial charge in [0.05, 0.1) is 0 Å². The molecule has 1 atom stereocenters. The van der Waals surface area contributed by atoms with Gasteiger partial charge in [-0.1, -0.05) is 237 Å². The summed E-state index contributed by atoms with van der Waals surface area (Å²) in [5.41, 5.74) is 0. The van der Waals surface area contributed by atoms with Crippen LogP contribution in [0.3, 0.4) is 0 Å². The number of rotatable bonds is 51. The number of unbranched alkanes of at least 4 members (excludes halogenated alkanes) is 16. The van der Waals surface area contributed by atoms with E-state index in [1.807, 2.05) is 0 Å². The molecule has 1 unspecified atom stereocenters. The van der Waals surface area contributed by atoms with Gasteiger partial charge in [-0.3, -0.25) is 14.4 Å². The Bertz CT molecular complexity index is 1630. The lowest BCUT2D eigenvalue weighted by Crippen LogP contribution is -2.30. The van der Waals surface area contributed by atoms with Gasteiger partial charge in [-0.05, 0) is 128 Å². The average molecular weight is 1010 g/mol. The first-order valence-corrected chi connectivity index (χ1v) is 29.3. The standard InChI is InChI=1S/C67H106O6/c1-4-7-10-13-16-19-22-25-28-31-33-36-39-42-45-48-51-54-57-60-66(69)72-63-64(62-71-65(68)59-56-53-50-47-44-41-38-35-30-27-24-21-18-15-12-9-6-3)73-67(70)61-58-55-52-49-46-43-40-37-34-32-29-26-23-20-17-14-11-8-5-2/h7-12,16-21,25-30,33,36,38,41,47,50,64H,4-6,13-15,22-24,31-32,34-35,37,39-40,42-46,48-49,51-63H2,1-3H3/b10-7-,11-8-,12-9-,19-16-,20-17-,21-18-,28-25-,29-26-,30-27-,36-33-,41-38-,50-47-. The Balaban J connectivity index is 4.53. The van der Waals surface area contributed by atoms with Crippen molar-refractivity contribution in [3.8, 4) is 0 Å². The van der Waals surface area contributed by atoms with Crippen molar-refractivity contribution in [2.75, 3.05) is 13.2 Å². The highest BCUT2D eigenvalue weighted by molar-refractivity contribution is 5.71. The molecule has 0 heterocycles. The van der Waals surface area contributed by atoms with E-state index in [9.17, 15) is 14.4 Å². The fourth-order valence-corrected chi connectivity index (χ4v) is 7.54. The Morgan fingerprint density at radius 3 is 0.822 bits per heavy atom. The molecule has 410 valence electrons. The summed E-state index contributed by atoms with van der Waals surface area (Å²) in [6.07, 6.45) is 85.5. The van der Waals surface area contributed by atoms with Crippen LogP contribution in [0.25, 0.3) is 0 Å². The van der Waals surface area contributed by atoms with Crippen LogP contribution in [-0.2, 0) is 28.6 Å². The quantitative estimate of drug-likeness (QED) is 0.0261. The smallest absolute Gasteiger partial charge is 0.306 e. The first kappa shape index (κ1) is 68.3. The second-order valence-corrected chi connectivity index (χ2v) is 18.8. The van der Waals surface area contributed by atoms with E-state index in [1.165, 1.54) is 51.4 Å². The summed E-state index contributed by atoms with van der Waals surface area (Å²) in [6, 6.07) is 0. The van der Waals surface area contributed by atoms with Gasteiger partial charge in [-0.25, -0.2) is 0 Å². The van der Waals surface area contributed by atoms with E-state index in [-0.39, 0.29) is 37.5 Å². The zero-order valence-electron chi connectivity index (χ0n) is 46.8. The highest BCUT2D eigenvalue weighted by Gasteiger charge is 2.19. The van der Waals surface area contributed by atoms with Crippen molar-refractivity contribution >= 4 is 17.9 Å². The van der Waals surface area contributed by atoms with Crippen LogP contribution in [0.1, 0.15) is 239 Å². The monoisotopic (exact) mass is 1010 g/mol. The zero-order valence-corrected chi connectivity index (χ0v) is 46.8. The fourth-order valence-electron chi connectivity index (χ4n) is 7.54. The highest BCUT2D eigenvalue weighted by Crippen LogP contribution is 2.14. The minimum atomic E-state index is -0.818. The lowest BCUT2D eigenvalue weighted by atomic mass is 10.1. The maximum absolute atomic E-state index is 12.9. The summed E-state index contributed by atoms with van der Waals surface area (Å²) in [5, 5.41) is 0. The van der Waals surface area contributed by atoms with E-state index in [0.29, 0.717) is 19.3 Å². The molecular weight excluding hydrogens is 901 g/mol. The molecule has 6 nitrogen and oxygen atoms in total. The summed E-state index contributed by atoms with van der Waals surface area (Å²) in [6.45, 7) is 6.23. The predicted octanol–water partition coefficient (Wildman–Crippen LogP) is 20.0. The van der Waals surface area contributed by atoms with Gasteiger partial charge in [0.2, 0.25) is 0 Å². The first-order valence-electron chi connectivity index (χ1n) is 29.3. The number of allylic oxidation sites excluding steroid dienone is 24. The molecule has 0 aromatic carbocycles. The van der Waals surface area contributed by atoms with Crippen LogP contribution in [0.2, 0.25) is 0 Å². The SMILES string of the molecule is CC/C=C\C/C=C\C/C=C\C/C=C\C/C=C\CCCC(=O)OCC(COC(=O)CCCCCCCC/C=C\C/C=C\C/C=C\C/C=C\CC)OC(=O)CCCCCCCCCCC/C=C\C/C=C\C/C=C\CC. The number of hydrogen-bond donors (Lipinski definition) is 0. The third-order valence-corrected chi connectivity index (χ3v) is 11.8. The van der Waals surface area contributed by atoms with Crippen LogP contribution in [0.15, 0.2) is 146 Å². The predicted molar refractivity (Wildman–Crippen MR) is 315 cm³/mol. The van der Waals surface area contributed by atoms with Crippen molar-refractivity contribution in [1.29, 1.82) is 0 Å². The molecule has 0 aromatic rings. The lowest BCUT2D eigenvalue weighted by Gasteiger charge is -2.18. The molecule has 0 aliphatic heterocycles. The molecule has 0 saturated heterocycles. The molecular formula is C67H106O6. The maximum Gasteiger partial charge on any atom is 0.306 e. The molecule has 0 aromatic heterocycles. The molecule has 0 N–H and O–H groups in total. The van der Waals surface area contributed by atoms with Gasteiger partial charge in [0.25, 0.3) is 0 Å². The molecule has 73 heavy (non-hydrogen) atoms. The highest BCUT2D eigenvalue weighted by atomic mass is 16.6. The topological polar surface area (TPSA) is 78.9 Å². The largest absolute Gasteiger partial charge is 0.462 e. The van der Waals surface area contributed by atoms with Crippen LogP contribution in [0.5, 0.6) is 0 Å². The van der Waals surface area contributed by atoms with Gasteiger partial charge in [0.15, 0.2) is 6.10 Å². The molecule has 6 heteroatoms. The summed E-state index contributed by atoms with van der Waals surface area (Å²) < 4.78 is 16.8. The van der Waals surface area contributed by atoms with E-state index in [1.54, 1.807) is 0 Å². The maximum atomic E-state index is 12.9. The van der Waals surface area contributed by atoms with Crippen LogP contribution in [-0.4, -0.2) is 37.2 Å². The molecule has 0 spiro atoms. The molecule has 0 fully saturated rings. The summed E-state index contributed by atoms with van der Waals surface area (Å²) >= 11 is 0. The third-order valence-electron chi connectivity index (χ3n) is 11.8. The van der Waals surface area contributed by atoms with Crippen molar-refractivity contribution in [3.05, 3.63) is 146 Å². The van der Waals surface area contributed by atoms with Gasteiger partial charge < -0.3 is 14.2 Å². The summed E-state index contributed by atoms with van der Waals surface area (Å²) in [5.74, 6) is -0.994. The summed E-state index contributed by atoms with van der Waals surface area (Å²) in [4.78, 5) is 38.2. The average Bonchev–Trinajstić information content (AvgIpc) is 3.39. The van der Waals surface area contributed by atoms with E-state index in [0.717, 1.165) is 141 Å². The van der Waals surface area contributed by atoms with E-state index >= 15 is 0 Å². The van der Waals surface area contributed by atoms with E-state index in [2.05, 4.69) is 167 Å². The first-order chi connectivity index (χ1) is 36.0. The minimum absolute atomic E-state index is 0.111. The van der Waals surface area contributed by atoms with Crippen molar-refractivity contribution < 1.29 is 28.6 Å². The fraction of sp³-hybridized carbons (Fsp3) is 0.597. The second kappa shape index (κ2) is 59.8. The van der Waals surface area contributed by atoms with Crippen molar-refractivity contribution in [1.82, 2.24) is 0 Å². The molecule has 0 bridgehead atoms. The number of carbonyl (C=O) groups is 3. The molecule has 0 aliphatic carbocycles. The lowest BCUT2D eigenvalue weighted by molar-refractivity contribution is -0.167. The number of carbonyl (C=O) groups excluding carboxylic acids is 3. The Hall–Kier alpha value is -4.71. The molecule has 0 radical (unpaired) electrons. The van der Waals surface area contributed by atoms with Gasteiger partial charge in [0.1, 0.15) is 13.2 Å². The number of esters is 3. The molecule has 0 aliphatic rings. The minimum Gasteiger partial charge on any atom is -0.462 e. The van der Waals surface area contributed by atoms with Gasteiger partial charge in [-0.15, -0.1) is 0 Å². The summed E-state index contributed by atoms with van der Waals surface area (Å²) in [7, 11) is 0. The normalized spacial score (nSPS) is 13.2. The zero-order chi connectivity index (χ0) is 52.9. The van der Waals surface area contributed by atoms with Gasteiger partial charge in [0, 0.05) is 19.3 Å². The van der Waals surface area contributed by atoms with Crippen LogP contribution in [0.4, 0.5) is 0 Å². The Labute approximate surface area is 448 Å². The second-order valence-electron chi connectivity index (χ2n) is 18.8. The molecule has 0 saturated carbocycles. The molecule has 0 amide bonds. The Morgan fingerprint density at radius 2 is 0.507 bits per heavy atom. The van der Waals surface area contributed by atoms with E-state index in [4.69, 9.17) is 14.2 Å². The van der Waals surface area contributed by atoms with Crippen molar-refractivity contribution in [3.63, 3.8) is 0 Å². The van der Waals surface area contributed by atoms with Gasteiger partial charge in [-0.2, -0.15) is 0 Å². The Morgan fingerprint density at radius 1 is 0.274 bits per heavy atom.